The lowest BCUT2D eigenvalue weighted by Gasteiger charge is -2.09. The number of hydrogen-bond acceptors (Lipinski definition) is 7. The maximum atomic E-state index is 12.4. The van der Waals surface area contributed by atoms with Crippen LogP contribution in [0, 0.1) is 0 Å². The number of carbonyl (C=O) groups is 2. The van der Waals surface area contributed by atoms with Crippen molar-refractivity contribution in [2.75, 3.05) is 17.2 Å². The number of hydrogen-bond donors (Lipinski definition) is 2. The van der Waals surface area contributed by atoms with Gasteiger partial charge in [-0.2, -0.15) is 5.10 Å². The zero-order chi connectivity index (χ0) is 22.2. The van der Waals surface area contributed by atoms with Gasteiger partial charge in [-0.05, 0) is 29.6 Å². The number of aromatic nitrogens is 3. The Labute approximate surface area is 192 Å². The number of nitrogens with zero attached hydrogens (tertiary/aromatic N) is 3. The van der Waals surface area contributed by atoms with Crippen LogP contribution in [-0.4, -0.2) is 33.2 Å². The molecule has 0 atom stereocenters. The Balaban J connectivity index is 1.24. The highest BCUT2D eigenvalue weighted by Gasteiger charge is 2.11. The molecule has 4 aromatic rings. The first-order valence-electron chi connectivity index (χ1n) is 9.91. The number of anilines is 2. The summed E-state index contributed by atoms with van der Waals surface area (Å²) >= 11 is 2.84. The van der Waals surface area contributed by atoms with Crippen LogP contribution < -0.4 is 15.4 Å². The fraction of sp³-hybridized carbons (Fsp3) is 0.182. The van der Waals surface area contributed by atoms with E-state index in [1.165, 1.54) is 22.7 Å². The van der Waals surface area contributed by atoms with Crippen LogP contribution in [0.5, 0.6) is 5.75 Å². The van der Waals surface area contributed by atoms with Crippen LogP contribution in [0.2, 0.25) is 0 Å². The Morgan fingerprint density at radius 1 is 1.03 bits per heavy atom. The second-order valence-corrected chi connectivity index (χ2v) is 8.71. The SMILES string of the molecule is O=C(Cc1csc(NC(=O)Cc2cccs2)n1)Nc1cccc(OCCn2cccn2)c1. The van der Waals surface area contributed by atoms with Gasteiger partial charge in [0.05, 0.1) is 25.1 Å². The lowest BCUT2D eigenvalue weighted by atomic mass is 10.2. The van der Waals surface area contributed by atoms with Crippen LogP contribution in [-0.2, 0) is 29.0 Å². The molecule has 1 aromatic carbocycles. The standard InChI is InChI=1S/C22H21N5O3S2/c28-20(13-17-15-32-22(25-17)26-21(29)14-19-6-2-11-31-19)24-16-4-1-5-18(12-16)30-10-9-27-8-3-7-23-27/h1-8,11-12,15H,9-10,13-14H2,(H,24,28)(H,25,26,29). The lowest BCUT2D eigenvalue weighted by molar-refractivity contribution is -0.116. The van der Waals surface area contributed by atoms with Crippen molar-refractivity contribution in [3.05, 3.63) is 76.2 Å². The van der Waals surface area contributed by atoms with Crippen LogP contribution in [0.1, 0.15) is 10.6 Å². The molecule has 0 fully saturated rings. The van der Waals surface area contributed by atoms with E-state index >= 15 is 0 Å². The average Bonchev–Trinajstić information content (AvgIpc) is 3.52. The van der Waals surface area contributed by atoms with E-state index in [1.807, 2.05) is 41.9 Å². The van der Waals surface area contributed by atoms with Crippen molar-refractivity contribution in [3.8, 4) is 5.75 Å². The molecule has 8 nitrogen and oxygen atoms in total. The number of ether oxygens (including phenoxy) is 1. The van der Waals surface area contributed by atoms with E-state index in [4.69, 9.17) is 4.74 Å². The summed E-state index contributed by atoms with van der Waals surface area (Å²) < 4.78 is 7.53. The quantitative estimate of drug-likeness (QED) is 0.369. The minimum Gasteiger partial charge on any atom is -0.492 e. The molecule has 3 aromatic heterocycles. The molecule has 2 amide bonds. The van der Waals surface area contributed by atoms with Gasteiger partial charge in [0.2, 0.25) is 11.8 Å². The molecule has 0 aliphatic rings. The maximum absolute atomic E-state index is 12.4. The van der Waals surface area contributed by atoms with E-state index in [2.05, 4.69) is 20.7 Å². The van der Waals surface area contributed by atoms with Crippen molar-refractivity contribution < 1.29 is 14.3 Å². The van der Waals surface area contributed by atoms with Crippen LogP contribution in [0.3, 0.4) is 0 Å². The van der Waals surface area contributed by atoms with Gasteiger partial charge in [0.1, 0.15) is 12.4 Å². The molecular weight excluding hydrogens is 446 g/mol. The molecule has 0 saturated heterocycles. The molecular formula is C22H21N5O3S2. The molecule has 0 bridgehead atoms. The summed E-state index contributed by atoms with van der Waals surface area (Å²) in [5.41, 5.74) is 1.25. The summed E-state index contributed by atoms with van der Waals surface area (Å²) in [5.74, 6) is 0.349. The largest absolute Gasteiger partial charge is 0.492 e. The lowest BCUT2D eigenvalue weighted by Crippen LogP contribution is -2.15. The van der Waals surface area contributed by atoms with Crippen LogP contribution in [0.25, 0.3) is 0 Å². The molecule has 3 heterocycles. The summed E-state index contributed by atoms with van der Waals surface area (Å²) in [4.78, 5) is 29.8. The van der Waals surface area contributed by atoms with Gasteiger partial charge in [0.25, 0.3) is 0 Å². The molecule has 4 rings (SSSR count). The topological polar surface area (TPSA) is 98.1 Å². The molecule has 0 spiro atoms. The van der Waals surface area contributed by atoms with Crippen LogP contribution in [0.15, 0.2) is 65.6 Å². The van der Waals surface area contributed by atoms with Gasteiger partial charge < -0.3 is 15.4 Å². The fourth-order valence-electron chi connectivity index (χ4n) is 2.90. The molecule has 32 heavy (non-hydrogen) atoms. The summed E-state index contributed by atoms with van der Waals surface area (Å²) in [7, 11) is 0. The number of thiazole rings is 1. The van der Waals surface area contributed by atoms with E-state index < -0.39 is 0 Å². The van der Waals surface area contributed by atoms with Gasteiger partial charge >= 0.3 is 0 Å². The Hall–Kier alpha value is -3.50. The van der Waals surface area contributed by atoms with Gasteiger partial charge in [-0.3, -0.25) is 14.3 Å². The van der Waals surface area contributed by atoms with E-state index in [0.717, 1.165) is 4.88 Å². The van der Waals surface area contributed by atoms with Crippen LogP contribution in [0.4, 0.5) is 10.8 Å². The molecule has 0 aliphatic heterocycles. The second kappa shape index (κ2) is 10.7. The zero-order valence-electron chi connectivity index (χ0n) is 17.1. The highest BCUT2D eigenvalue weighted by molar-refractivity contribution is 7.14. The fourth-order valence-corrected chi connectivity index (χ4v) is 4.33. The van der Waals surface area contributed by atoms with E-state index in [9.17, 15) is 9.59 Å². The van der Waals surface area contributed by atoms with Crippen molar-refractivity contribution in [1.29, 1.82) is 0 Å². The smallest absolute Gasteiger partial charge is 0.231 e. The Morgan fingerprint density at radius 2 is 1.94 bits per heavy atom. The van der Waals surface area contributed by atoms with Crippen molar-refractivity contribution in [1.82, 2.24) is 14.8 Å². The van der Waals surface area contributed by atoms with Gasteiger partial charge in [-0.15, -0.1) is 22.7 Å². The summed E-state index contributed by atoms with van der Waals surface area (Å²) in [6, 6.07) is 12.9. The van der Waals surface area contributed by atoms with Crippen molar-refractivity contribution >= 4 is 45.3 Å². The van der Waals surface area contributed by atoms with Gasteiger partial charge in [-0.25, -0.2) is 4.98 Å². The van der Waals surface area contributed by atoms with Crippen molar-refractivity contribution in [2.45, 2.75) is 19.4 Å². The first kappa shape index (κ1) is 21.7. The number of amides is 2. The van der Waals surface area contributed by atoms with Crippen molar-refractivity contribution in [3.63, 3.8) is 0 Å². The minimum absolute atomic E-state index is 0.113. The van der Waals surface area contributed by atoms with E-state index in [-0.39, 0.29) is 18.2 Å². The Bertz CT molecular complexity index is 1160. The van der Waals surface area contributed by atoms with Crippen LogP contribution >= 0.6 is 22.7 Å². The van der Waals surface area contributed by atoms with Gasteiger partial charge in [0.15, 0.2) is 5.13 Å². The number of nitrogens with one attached hydrogen (secondary N) is 2. The number of carbonyl (C=O) groups excluding carboxylic acids is 2. The van der Waals surface area contributed by atoms with Crippen molar-refractivity contribution in [2.24, 2.45) is 0 Å². The maximum Gasteiger partial charge on any atom is 0.231 e. The molecule has 0 aliphatic carbocycles. The monoisotopic (exact) mass is 467 g/mol. The molecule has 2 N–H and O–H groups in total. The normalized spacial score (nSPS) is 10.6. The minimum atomic E-state index is -0.194. The van der Waals surface area contributed by atoms with E-state index in [0.29, 0.717) is 41.8 Å². The summed E-state index contributed by atoms with van der Waals surface area (Å²) in [6.07, 6.45) is 4.02. The number of thiophene rings is 1. The summed E-state index contributed by atoms with van der Waals surface area (Å²) in [6.45, 7) is 1.11. The number of benzene rings is 1. The molecule has 164 valence electrons. The Morgan fingerprint density at radius 3 is 2.75 bits per heavy atom. The third-order valence-electron chi connectivity index (χ3n) is 4.32. The predicted molar refractivity (Wildman–Crippen MR) is 125 cm³/mol. The van der Waals surface area contributed by atoms with Gasteiger partial charge in [-0.1, -0.05) is 12.1 Å². The third-order valence-corrected chi connectivity index (χ3v) is 6.00. The second-order valence-electron chi connectivity index (χ2n) is 6.82. The predicted octanol–water partition coefficient (Wildman–Crippen LogP) is 3.84. The molecule has 0 saturated carbocycles. The molecule has 0 radical (unpaired) electrons. The summed E-state index contributed by atoms with van der Waals surface area (Å²) in [5, 5.41) is 14.0. The van der Waals surface area contributed by atoms with E-state index in [1.54, 1.807) is 28.4 Å². The molecule has 10 heteroatoms. The van der Waals surface area contributed by atoms with Gasteiger partial charge in [0, 0.05) is 34.4 Å². The average molecular weight is 468 g/mol. The highest BCUT2D eigenvalue weighted by atomic mass is 32.1. The zero-order valence-corrected chi connectivity index (χ0v) is 18.7. The molecule has 0 unspecified atom stereocenters. The number of rotatable bonds is 10. The Kier molecular flexibility index (Phi) is 7.26. The third kappa shape index (κ3) is 6.50. The highest BCUT2D eigenvalue weighted by Crippen LogP contribution is 2.20. The first-order valence-corrected chi connectivity index (χ1v) is 11.7. The first-order chi connectivity index (χ1) is 15.6.